The van der Waals surface area contributed by atoms with E-state index in [1.165, 1.54) is 0 Å². The highest BCUT2D eigenvalue weighted by atomic mass is 79.9. The van der Waals surface area contributed by atoms with E-state index in [2.05, 4.69) is 21.2 Å². The third-order valence-electron chi connectivity index (χ3n) is 2.00. The molecule has 0 saturated heterocycles. The van der Waals surface area contributed by atoms with Gasteiger partial charge in [-0.3, -0.25) is 9.59 Å². The molecular formula is C9H6BrNO2. The van der Waals surface area contributed by atoms with Gasteiger partial charge in [-0.2, -0.15) is 0 Å². The number of nitrogens with one attached hydrogen (secondary N) is 1. The Bertz CT molecular complexity index is 426. The molecule has 0 radical (unpaired) electrons. The Morgan fingerprint density at radius 1 is 1.31 bits per heavy atom. The molecule has 1 aliphatic heterocycles. The largest absolute Gasteiger partial charge is 0.318 e. The molecule has 66 valence electrons. The average molecular weight is 240 g/mol. The van der Waals surface area contributed by atoms with Crippen LogP contribution in [0.1, 0.15) is 15.9 Å². The molecule has 1 aromatic carbocycles. The van der Waals surface area contributed by atoms with Crippen LogP contribution < -0.4 is 5.32 Å². The maximum atomic E-state index is 11.2. The van der Waals surface area contributed by atoms with Gasteiger partial charge in [0.15, 0.2) is 0 Å². The molecule has 13 heavy (non-hydrogen) atoms. The van der Waals surface area contributed by atoms with Crippen molar-refractivity contribution in [1.29, 1.82) is 0 Å². The van der Waals surface area contributed by atoms with Crippen LogP contribution in [-0.4, -0.2) is 11.7 Å². The van der Waals surface area contributed by atoms with Gasteiger partial charge in [-0.25, -0.2) is 0 Å². The Kier molecular flexibility index (Phi) is 1.73. The first kappa shape index (κ1) is 8.44. The van der Waals surface area contributed by atoms with E-state index in [-0.39, 0.29) is 0 Å². The highest BCUT2D eigenvalue weighted by Crippen LogP contribution is 2.29. The smallest absolute Gasteiger partial charge is 0.296 e. The van der Waals surface area contributed by atoms with Gasteiger partial charge in [0, 0.05) is 4.47 Å². The molecule has 3 nitrogen and oxygen atoms in total. The fourth-order valence-corrected chi connectivity index (χ4v) is 1.62. The second-order valence-corrected chi connectivity index (χ2v) is 3.78. The van der Waals surface area contributed by atoms with Crippen molar-refractivity contribution in [2.75, 3.05) is 5.32 Å². The second-order valence-electron chi connectivity index (χ2n) is 2.93. The van der Waals surface area contributed by atoms with Crippen molar-refractivity contribution in [3.05, 3.63) is 27.7 Å². The maximum Gasteiger partial charge on any atom is 0.296 e. The number of carbonyl (C=O) groups is 2. The van der Waals surface area contributed by atoms with Crippen LogP contribution in [-0.2, 0) is 4.79 Å². The summed E-state index contributed by atoms with van der Waals surface area (Å²) in [7, 11) is 0. The lowest BCUT2D eigenvalue weighted by atomic mass is 10.1. The van der Waals surface area contributed by atoms with Crippen molar-refractivity contribution >= 4 is 33.3 Å². The van der Waals surface area contributed by atoms with Crippen LogP contribution in [0.15, 0.2) is 16.6 Å². The van der Waals surface area contributed by atoms with Gasteiger partial charge in [0.1, 0.15) is 0 Å². The zero-order chi connectivity index (χ0) is 9.59. The topological polar surface area (TPSA) is 46.2 Å². The molecule has 0 aromatic heterocycles. The highest BCUT2D eigenvalue weighted by molar-refractivity contribution is 9.10. The van der Waals surface area contributed by atoms with Crippen molar-refractivity contribution in [2.45, 2.75) is 6.92 Å². The van der Waals surface area contributed by atoms with Gasteiger partial charge in [-0.15, -0.1) is 0 Å². The van der Waals surface area contributed by atoms with Crippen LogP contribution in [0.2, 0.25) is 0 Å². The fraction of sp³-hybridized carbons (Fsp3) is 0.111. The number of halogens is 1. The van der Waals surface area contributed by atoms with Crippen LogP contribution in [0, 0.1) is 6.92 Å². The summed E-state index contributed by atoms with van der Waals surface area (Å²) in [6.45, 7) is 1.90. The summed E-state index contributed by atoms with van der Waals surface area (Å²) in [5, 5.41) is 2.51. The minimum Gasteiger partial charge on any atom is -0.318 e. The highest BCUT2D eigenvalue weighted by Gasteiger charge is 2.28. The molecule has 1 amide bonds. The molecule has 0 fully saturated rings. The SMILES string of the molecule is Cc1cc2c(cc1Br)C(=O)C(=O)N2. The summed E-state index contributed by atoms with van der Waals surface area (Å²) >= 11 is 3.30. The molecule has 1 heterocycles. The van der Waals surface area contributed by atoms with E-state index in [4.69, 9.17) is 0 Å². The first-order chi connectivity index (χ1) is 6.09. The lowest BCUT2D eigenvalue weighted by molar-refractivity contribution is -0.112. The van der Waals surface area contributed by atoms with Crippen molar-refractivity contribution < 1.29 is 9.59 Å². The van der Waals surface area contributed by atoms with E-state index >= 15 is 0 Å². The molecular weight excluding hydrogens is 234 g/mol. The molecule has 0 aliphatic carbocycles. The number of hydrogen-bond donors (Lipinski definition) is 1. The lowest BCUT2D eigenvalue weighted by Crippen LogP contribution is -2.12. The summed E-state index contributed by atoms with van der Waals surface area (Å²) in [6, 6.07) is 3.45. The van der Waals surface area contributed by atoms with Gasteiger partial charge >= 0.3 is 0 Å². The van der Waals surface area contributed by atoms with E-state index in [1.807, 2.05) is 6.92 Å². The van der Waals surface area contributed by atoms with E-state index in [1.54, 1.807) is 12.1 Å². The summed E-state index contributed by atoms with van der Waals surface area (Å²) in [4.78, 5) is 22.2. The van der Waals surface area contributed by atoms with Crippen LogP contribution >= 0.6 is 15.9 Å². The number of carbonyl (C=O) groups excluding carboxylic acids is 2. The summed E-state index contributed by atoms with van der Waals surface area (Å²) in [5.41, 5.74) is 2.05. The van der Waals surface area contributed by atoms with Gasteiger partial charge in [-0.05, 0) is 24.6 Å². The van der Waals surface area contributed by atoms with Crippen molar-refractivity contribution in [2.24, 2.45) is 0 Å². The van der Waals surface area contributed by atoms with Crippen LogP contribution in [0.3, 0.4) is 0 Å². The average Bonchev–Trinajstić information content (AvgIpc) is 2.32. The van der Waals surface area contributed by atoms with Crippen LogP contribution in [0.5, 0.6) is 0 Å². The van der Waals surface area contributed by atoms with Gasteiger partial charge in [0.25, 0.3) is 11.7 Å². The first-order valence-electron chi connectivity index (χ1n) is 3.75. The van der Waals surface area contributed by atoms with E-state index < -0.39 is 11.7 Å². The number of aryl methyl sites for hydroxylation is 1. The lowest BCUT2D eigenvalue weighted by Gasteiger charge is -2.00. The summed E-state index contributed by atoms with van der Waals surface area (Å²) < 4.78 is 0.844. The number of anilines is 1. The normalized spacial score (nSPS) is 14.3. The number of amides is 1. The number of benzene rings is 1. The quantitative estimate of drug-likeness (QED) is 0.704. The minimum absolute atomic E-state index is 0.447. The molecule has 1 aromatic rings. The van der Waals surface area contributed by atoms with Crippen LogP contribution in [0.4, 0.5) is 5.69 Å². The zero-order valence-corrected chi connectivity index (χ0v) is 8.44. The molecule has 0 bridgehead atoms. The third kappa shape index (κ3) is 1.18. The van der Waals surface area contributed by atoms with E-state index in [0.29, 0.717) is 11.3 Å². The number of ketones is 1. The Hall–Kier alpha value is -1.16. The molecule has 1 aliphatic rings. The molecule has 2 rings (SSSR count). The van der Waals surface area contributed by atoms with Gasteiger partial charge in [-0.1, -0.05) is 15.9 Å². The van der Waals surface area contributed by atoms with E-state index in [9.17, 15) is 9.59 Å². The van der Waals surface area contributed by atoms with Gasteiger partial charge < -0.3 is 5.32 Å². The Balaban J connectivity index is 2.66. The van der Waals surface area contributed by atoms with Crippen molar-refractivity contribution in [1.82, 2.24) is 0 Å². The third-order valence-corrected chi connectivity index (χ3v) is 2.85. The predicted octanol–water partition coefficient (Wildman–Crippen LogP) is 1.89. The van der Waals surface area contributed by atoms with E-state index in [0.717, 1.165) is 10.0 Å². The number of hydrogen-bond acceptors (Lipinski definition) is 2. The standard InChI is InChI=1S/C9H6BrNO2/c1-4-2-7-5(3-6(4)10)8(12)9(13)11-7/h2-3H,1H3,(H,11,12,13). The summed E-state index contributed by atoms with van der Waals surface area (Å²) in [6.07, 6.45) is 0. The molecule has 4 heteroatoms. The van der Waals surface area contributed by atoms with Gasteiger partial charge in [0.05, 0.1) is 11.3 Å². The van der Waals surface area contributed by atoms with Gasteiger partial charge in [0.2, 0.25) is 0 Å². The number of Topliss-reactive ketones (excluding diaryl/α,β-unsaturated/α-hetero) is 1. The molecule has 0 saturated carbocycles. The first-order valence-corrected chi connectivity index (χ1v) is 4.54. The molecule has 0 unspecified atom stereocenters. The summed E-state index contributed by atoms with van der Waals surface area (Å²) in [5.74, 6) is -1.01. The number of rotatable bonds is 0. The Labute approximate surface area is 83.3 Å². The second kappa shape index (κ2) is 2.67. The van der Waals surface area contributed by atoms with Crippen molar-refractivity contribution in [3.63, 3.8) is 0 Å². The Morgan fingerprint density at radius 3 is 2.69 bits per heavy atom. The molecule has 1 N–H and O–H groups in total. The fourth-order valence-electron chi connectivity index (χ4n) is 1.27. The Morgan fingerprint density at radius 2 is 2.00 bits per heavy atom. The van der Waals surface area contributed by atoms with Crippen molar-refractivity contribution in [3.8, 4) is 0 Å². The zero-order valence-electron chi connectivity index (χ0n) is 6.85. The number of fused-ring (bicyclic) bond motifs is 1. The molecule has 0 spiro atoms. The monoisotopic (exact) mass is 239 g/mol. The molecule has 0 atom stereocenters. The maximum absolute atomic E-state index is 11.2. The minimum atomic E-state index is -0.549. The van der Waals surface area contributed by atoms with Crippen LogP contribution in [0.25, 0.3) is 0 Å². The predicted molar refractivity (Wildman–Crippen MR) is 51.8 cm³/mol.